The molecule has 0 aromatic heterocycles. The largest absolute Gasteiger partial charge is 0.353 e. The average Bonchev–Trinajstić information content (AvgIpc) is 3.43. The summed E-state index contributed by atoms with van der Waals surface area (Å²) in [4.78, 5) is 28.7. The summed E-state index contributed by atoms with van der Waals surface area (Å²) in [5, 5.41) is 2.99. The van der Waals surface area contributed by atoms with Gasteiger partial charge >= 0.3 is 0 Å². The summed E-state index contributed by atoms with van der Waals surface area (Å²) in [6.45, 7) is 3.60. The number of rotatable bonds is 3. The van der Waals surface area contributed by atoms with Crippen LogP contribution >= 0.6 is 0 Å². The number of alkyl halides is 1. The first-order valence-corrected chi connectivity index (χ1v) is 8.55. The molecule has 22 heavy (non-hydrogen) atoms. The van der Waals surface area contributed by atoms with Gasteiger partial charge in [-0.1, -0.05) is 0 Å². The number of amides is 2. The normalized spacial score (nSPS) is 30.2. The zero-order valence-corrected chi connectivity index (χ0v) is 12.9. The first kappa shape index (κ1) is 14.4. The second kappa shape index (κ2) is 4.91. The zero-order chi connectivity index (χ0) is 15.4. The van der Waals surface area contributed by atoms with E-state index in [1.807, 2.05) is 0 Å². The first-order valence-electron chi connectivity index (χ1n) is 8.55. The van der Waals surface area contributed by atoms with Crippen LogP contribution in [0.1, 0.15) is 38.5 Å². The van der Waals surface area contributed by atoms with Gasteiger partial charge in [0, 0.05) is 32.7 Å². The van der Waals surface area contributed by atoms with Crippen molar-refractivity contribution in [2.75, 3.05) is 32.7 Å². The van der Waals surface area contributed by atoms with Crippen LogP contribution in [-0.2, 0) is 9.59 Å². The highest BCUT2D eigenvalue weighted by molar-refractivity contribution is 5.90. The highest BCUT2D eigenvalue weighted by atomic mass is 19.1. The number of piperazine rings is 1. The SMILES string of the molecule is O=C(N1CCC2(CC1)C(=O)NCCN2CC1CC1)C1(F)CC1. The van der Waals surface area contributed by atoms with Crippen LogP contribution in [-0.4, -0.2) is 65.5 Å². The molecule has 2 heterocycles. The quantitative estimate of drug-likeness (QED) is 0.834. The number of piperidine rings is 1. The van der Waals surface area contributed by atoms with Crippen molar-refractivity contribution in [3.8, 4) is 0 Å². The summed E-state index contributed by atoms with van der Waals surface area (Å²) >= 11 is 0. The van der Waals surface area contributed by atoms with Gasteiger partial charge in [-0.15, -0.1) is 0 Å². The topological polar surface area (TPSA) is 52.7 Å². The predicted octanol–water partition coefficient (Wildman–Crippen LogP) is 0.691. The van der Waals surface area contributed by atoms with E-state index in [9.17, 15) is 14.0 Å². The molecule has 122 valence electrons. The molecule has 6 heteroatoms. The molecule has 5 nitrogen and oxygen atoms in total. The molecule has 4 aliphatic rings. The fourth-order valence-corrected chi connectivity index (χ4v) is 3.93. The third kappa shape index (κ3) is 2.32. The Balaban J connectivity index is 1.46. The average molecular weight is 309 g/mol. The molecule has 2 aliphatic heterocycles. The number of hydrogen-bond acceptors (Lipinski definition) is 3. The van der Waals surface area contributed by atoms with Gasteiger partial charge in [0.1, 0.15) is 5.54 Å². The Morgan fingerprint density at radius 3 is 2.45 bits per heavy atom. The van der Waals surface area contributed by atoms with Crippen LogP contribution in [0, 0.1) is 5.92 Å². The second-order valence-electron chi connectivity index (χ2n) is 7.43. The van der Waals surface area contributed by atoms with E-state index in [0.717, 1.165) is 19.0 Å². The summed E-state index contributed by atoms with van der Waals surface area (Å²) in [5.41, 5.74) is -2.06. The number of halogens is 1. The van der Waals surface area contributed by atoms with Gasteiger partial charge in [0.2, 0.25) is 5.91 Å². The van der Waals surface area contributed by atoms with Gasteiger partial charge in [-0.25, -0.2) is 4.39 Å². The van der Waals surface area contributed by atoms with Crippen molar-refractivity contribution in [1.29, 1.82) is 0 Å². The van der Waals surface area contributed by atoms with Gasteiger partial charge in [0.05, 0.1) is 0 Å². The van der Waals surface area contributed by atoms with Gasteiger partial charge in [0.15, 0.2) is 5.67 Å². The first-order chi connectivity index (χ1) is 10.5. The molecule has 2 saturated heterocycles. The van der Waals surface area contributed by atoms with Crippen molar-refractivity contribution in [2.24, 2.45) is 5.92 Å². The molecule has 0 bridgehead atoms. The molecule has 1 N–H and O–H groups in total. The molecule has 2 saturated carbocycles. The summed E-state index contributed by atoms with van der Waals surface area (Å²) < 4.78 is 14.0. The predicted molar refractivity (Wildman–Crippen MR) is 78.9 cm³/mol. The van der Waals surface area contributed by atoms with Crippen molar-refractivity contribution < 1.29 is 14.0 Å². The van der Waals surface area contributed by atoms with Gasteiger partial charge < -0.3 is 10.2 Å². The molecule has 4 rings (SSSR count). The highest BCUT2D eigenvalue weighted by Gasteiger charge is 2.55. The monoisotopic (exact) mass is 309 g/mol. The Morgan fingerprint density at radius 2 is 1.86 bits per heavy atom. The fourth-order valence-electron chi connectivity index (χ4n) is 3.93. The smallest absolute Gasteiger partial charge is 0.260 e. The fraction of sp³-hybridized carbons (Fsp3) is 0.875. The van der Waals surface area contributed by atoms with E-state index < -0.39 is 11.2 Å². The molecule has 0 aromatic carbocycles. The zero-order valence-electron chi connectivity index (χ0n) is 12.9. The molecule has 0 radical (unpaired) electrons. The van der Waals surface area contributed by atoms with E-state index in [1.165, 1.54) is 12.8 Å². The van der Waals surface area contributed by atoms with E-state index in [4.69, 9.17) is 0 Å². The number of nitrogens with zero attached hydrogens (tertiary/aromatic N) is 2. The molecular weight excluding hydrogens is 285 g/mol. The summed E-state index contributed by atoms with van der Waals surface area (Å²) in [6, 6.07) is 0. The maximum Gasteiger partial charge on any atom is 0.260 e. The summed E-state index contributed by atoms with van der Waals surface area (Å²) in [5.74, 6) is 0.489. The number of nitrogens with one attached hydrogen (secondary N) is 1. The minimum absolute atomic E-state index is 0.105. The van der Waals surface area contributed by atoms with Crippen LogP contribution < -0.4 is 5.32 Å². The van der Waals surface area contributed by atoms with E-state index >= 15 is 0 Å². The van der Waals surface area contributed by atoms with Crippen molar-refractivity contribution in [3.63, 3.8) is 0 Å². The molecular formula is C16H24FN3O2. The third-order valence-corrected chi connectivity index (χ3v) is 5.82. The Kier molecular flexibility index (Phi) is 3.22. The van der Waals surface area contributed by atoms with Crippen LogP contribution in [0.25, 0.3) is 0 Å². The number of hydrogen-bond donors (Lipinski definition) is 1. The minimum atomic E-state index is -1.59. The lowest BCUT2D eigenvalue weighted by Gasteiger charge is -2.50. The van der Waals surface area contributed by atoms with Crippen LogP contribution in [0.15, 0.2) is 0 Å². The number of carbonyl (C=O) groups is 2. The lowest BCUT2D eigenvalue weighted by atomic mass is 9.82. The minimum Gasteiger partial charge on any atom is -0.353 e. The van der Waals surface area contributed by atoms with E-state index in [1.54, 1.807) is 4.90 Å². The van der Waals surface area contributed by atoms with Crippen molar-refractivity contribution in [1.82, 2.24) is 15.1 Å². The molecule has 0 aromatic rings. The van der Waals surface area contributed by atoms with Crippen molar-refractivity contribution >= 4 is 11.8 Å². The molecule has 2 amide bonds. The van der Waals surface area contributed by atoms with Gasteiger partial charge in [-0.2, -0.15) is 0 Å². The Hall–Kier alpha value is -1.17. The Bertz CT molecular complexity index is 494. The number of likely N-dealkylation sites (tertiary alicyclic amines) is 1. The molecule has 0 unspecified atom stereocenters. The molecule has 2 aliphatic carbocycles. The van der Waals surface area contributed by atoms with E-state index in [0.29, 0.717) is 45.3 Å². The second-order valence-corrected chi connectivity index (χ2v) is 7.43. The van der Waals surface area contributed by atoms with Crippen LogP contribution in [0.2, 0.25) is 0 Å². The van der Waals surface area contributed by atoms with Crippen LogP contribution in [0.5, 0.6) is 0 Å². The van der Waals surface area contributed by atoms with Crippen LogP contribution in [0.4, 0.5) is 4.39 Å². The Morgan fingerprint density at radius 1 is 1.18 bits per heavy atom. The molecule has 4 fully saturated rings. The highest BCUT2D eigenvalue weighted by Crippen LogP contribution is 2.43. The lowest BCUT2D eigenvalue weighted by molar-refractivity contribution is -0.149. The van der Waals surface area contributed by atoms with Gasteiger partial charge in [-0.3, -0.25) is 14.5 Å². The standard InChI is InChI=1S/C16H24FN3O2/c17-15(3-4-15)14(22)19-8-5-16(6-9-19)13(21)18-7-10-20(16)11-12-1-2-12/h12H,1-11H2,(H,18,21). The number of carbonyl (C=O) groups excluding carboxylic acids is 2. The van der Waals surface area contributed by atoms with Gasteiger partial charge in [-0.05, 0) is 44.4 Å². The van der Waals surface area contributed by atoms with Crippen LogP contribution in [0.3, 0.4) is 0 Å². The summed E-state index contributed by atoms with van der Waals surface area (Å²) in [6.07, 6.45) is 4.52. The Labute approximate surface area is 130 Å². The van der Waals surface area contributed by atoms with E-state index in [2.05, 4.69) is 10.2 Å². The summed E-state index contributed by atoms with van der Waals surface area (Å²) in [7, 11) is 0. The van der Waals surface area contributed by atoms with Gasteiger partial charge in [0.25, 0.3) is 5.91 Å². The van der Waals surface area contributed by atoms with Crippen molar-refractivity contribution in [3.05, 3.63) is 0 Å². The third-order valence-electron chi connectivity index (χ3n) is 5.82. The maximum atomic E-state index is 14.0. The molecule has 0 atom stereocenters. The van der Waals surface area contributed by atoms with E-state index in [-0.39, 0.29) is 11.8 Å². The van der Waals surface area contributed by atoms with Crippen molar-refractivity contribution in [2.45, 2.75) is 49.7 Å². The molecule has 1 spiro atoms. The maximum absolute atomic E-state index is 14.0. The lowest BCUT2D eigenvalue weighted by Crippen LogP contribution is -2.68.